The largest absolute Gasteiger partial charge is 0.497 e. The van der Waals surface area contributed by atoms with E-state index in [9.17, 15) is 9.59 Å². The second kappa shape index (κ2) is 8.72. The number of amides is 3. The number of hydrogen-bond donors (Lipinski definition) is 1. The van der Waals surface area contributed by atoms with Crippen molar-refractivity contribution in [3.05, 3.63) is 89.0 Å². The summed E-state index contributed by atoms with van der Waals surface area (Å²) in [5, 5.41) is 2.97. The van der Waals surface area contributed by atoms with Crippen LogP contribution >= 0.6 is 11.8 Å². The molecule has 3 aromatic rings. The van der Waals surface area contributed by atoms with E-state index < -0.39 is 4.87 Å². The lowest BCUT2D eigenvalue weighted by Crippen LogP contribution is -2.51. The predicted molar refractivity (Wildman–Crippen MR) is 136 cm³/mol. The van der Waals surface area contributed by atoms with Crippen LogP contribution in [-0.4, -0.2) is 36.2 Å². The monoisotopic (exact) mass is 473 g/mol. The van der Waals surface area contributed by atoms with E-state index in [1.807, 2.05) is 55.1 Å². The molecule has 0 saturated carbocycles. The lowest BCUT2D eigenvalue weighted by Gasteiger charge is -2.33. The summed E-state index contributed by atoms with van der Waals surface area (Å²) in [5.41, 5.74) is 5.66. The maximum Gasteiger partial charge on any atom is 0.323 e. The van der Waals surface area contributed by atoms with Crippen molar-refractivity contribution in [1.82, 2.24) is 4.90 Å². The Morgan fingerprint density at radius 3 is 2.59 bits per heavy atom. The van der Waals surface area contributed by atoms with Crippen LogP contribution < -0.4 is 15.0 Å². The van der Waals surface area contributed by atoms with E-state index >= 15 is 0 Å². The maximum atomic E-state index is 14.1. The topological polar surface area (TPSA) is 61.9 Å². The van der Waals surface area contributed by atoms with Gasteiger partial charge in [0, 0.05) is 29.6 Å². The average molecular weight is 474 g/mol. The second-order valence-corrected chi connectivity index (χ2v) is 9.99. The molecule has 3 amide bonds. The molecule has 2 aliphatic heterocycles. The van der Waals surface area contributed by atoms with Crippen LogP contribution in [0.4, 0.5) is 16.2 Å². The summed E-state index contributed by atoms with van der Waals surface area (Å²) in [6.45, 7) is 5.01. The van der Waals surface area contributed by atoms with Gasteiger partial charge in [-0.3, -0.25) is 9.69 Å². The van der Waals surface area contributed by atoms with Gasteiger partial charge in [0.2, 0.25) is 0 Å². The summed E-state index contributed by atoms with van der Waals surface area (Å²) in [6, 6.07) is 21.2. The third-order valence-corrected chi connectivity index (χ3v) is 7.80. The summed E-state index contributed by atoms with van der Waals surface area (Å²) in [5.74, 6) is 1.27. The Labute approximate surface area is 203 Å². The Morgan fingerprint density at radius 1 is 1.06 bits per heavy atom. The van der Waals surface area contributed by atoms with Gasteiger partial charge in [-0.2, -0.15) is 0 Å². The van der Waals surface area contributed by atoms with Crippen molar-refractivity contribution in [3.8, 4) is 5.75 Å². The Hall–Kier alpha value is -3.45. The molecule has 6 nitrogen and oxygen atoms in total. The molecule has 1 fully saturated rings. The molecule has 0 radical (unpaired) electrons. The number of rotatable bonds is 4. The first kappa shape index (κ1) is 22.3. The number of nitrogens with one attached hydrogen (secondary N) is 1. The molecule has 34 heavy (non-hydrogen) atoms. The van der Waals surface area contributed by atoms with Crippen LogP contribution in [0.25, 0.3) is 0 Å². The molecule has 1 unspecified atom stereocenters. The zero-order chi connectivity index (χ0) is 23.9. The zero-order valence-corrected chi connectivity index (χ0v) is 20.3. The Balaban J connectivity index is 1.51. The van der Waals surface area contributed by atoms with Crippen LogP contribution in [0.15, 0.2) is 66.7 Å². The number of aryl methyl sites for hydroxylation is 2. The number of fused-ring (bicyclic) bond motifs is 2. The molecule has 7 heteroatoms. The van der Waals surface area contributed by atoms with Gasteiger partial charge in [-0.1, -0.05) is 53.6 Å². The smallest absolute Gasteiger partial charge is 0.323 e. The van der Waals surface area contributed by atoms with Gasteiger partial charge in [-0.05, 0) is 37.6 Å². The normalized spacial score (nSPS) is 19.0. The SMILES string of the molecule is COc1cccc(NC(=O)N2CCSC23C(=O)N(Cc2ccc(C)cc2)c2ccc(C)cc23)c1. The molecule has 2 heterocycles. The van der Waals surface area contributed by atoms with Gasteiger partial charge in [0.15, 0.2) is 4.87 Å². The van der Waals surface area contributed by atoms with Gasteiger partial charge in [-0.15, -0.1) is 11.8 Å². The van der Waals surface area contributed by atoms with Crippen molar-refractivity contribution in [2.75, 3.05) is 29.6 Å². The van der Waals surface area contributed by atoms with Gasteiger partial charge in [0.1, 0.15) is 5.75 Å². The number of methoxy groups -OCH3 is 1. The maximum absolute atomic E-state index is 14.1. The molecule has 3 aromatic carbocycles. The molecular weight excluding hydrogens is 446 g/mol. The molecule has 2 aliphatic rings. The lowest BCUT2D eigenvalue weighted by atomic mass is 10.0. The minimum absolute atomic E-state index is 0.0723. The van der Waals surface area contributed by atoms with Gasteiger partial charge in [-0.25, -0.2) is 4.79 Å². The molecule has 174 valence electrons. The second-order valence-electron chi connectivity index (χ2n) is 8.70. The standard InChI is InChI=1S/C27H27N3O3S/c1-18-7-10-20(11-8-18)17-29-24-12-9-19(2)15-23(24)27(25(29)31)30(13-14-34-27)26(32)28-21-5-4-6-22(16-21)33-3/h4-12,15-16H,13-14,17H2,1-3H3,(H,28,32). The Kier molecular flexibility index (Phi) is 5.73. The van der Waals surface area contributed by atoms with Crippen LogP contribution in [0, 0.1) is 13.8 Å². The van der Waals surface area contributed by atoms with Crippen LogP contribution in [0.1, 0.15) is 22.3 Å². The third-order valence-electron chi connectivity index (χ3n) is 6.38. The van der Waals surface area contributed by atoms with Crippen molar-refractivity contribution in [2.24, 2.45) is 0 Å². The van der Waals surface area contributed by atoms with Crippen LogP contribution in [0.5, 0.6) is 5.75 Å². The van der Waals surface area contributed by atoms with E-state index in [0.29, 0.717) is 30.3 Å². The molecule has 5 rings (SSSR count). The molecule has 1 spiro atoms. The van der Waals surface area contributed by atoms with Crippen LogP contribution in [0.3, 0.4) is 0 Å². The summed E-state index contributed by atoms with van der Waals surface area (Å²) in [6.07, 6.45) is 0. The van der Waals surface area contributed by atoms with Crippen molar-refractivity contribution in [2.45, 2.75) is 25.3 Å². The first-order valence-corrected chi connectivity index (χ1v) is 12.3. The molecule has 0 bridgehead atoms. The molecule has 1 N–H and O–H groups in total. The summed E-state index contributed by atoms with van der Waals surface area (Å²) in [7, 11) is 1.59. The van der Waals surface area contributed by atoms with E-state index in [-0.39, 0.29) is 11.9 Å². The van der Waals surface area contributed by atoms with Crippen molar-refractivity contribution >= 4 is 35.1 Å². The van der Waals surface area contributed by atoms with Crippen LogP contribution in [-0.2, 0) is 16.2 Å². The highest BCUT2D eigenvalue weighted by molar-refractivity contribution is 8.01. The van der Waals surface area contributed by atoms with E-state index in [1.165, 1.54) is 17.3 Å². The minimum Gasteiger partial charge on any atom is -0.497 e. The van der Waals surface area contributed by atoms with Crippen molar-refractivity contribution in [3.63, 3.8) is 0 Å². The van der Waals surface area contributed by atoms with Gasteiger partial charge in [0.25, 0.3) is 5.91 Å². The summed E-state index contributed by atoms with van der Waals surface area (Å²) >= 11 is 1.53. The fourth-order valence-corrected chi connectivity index (χ4v) is 6.11. The predicted octanol–water partition coefficient (Wildman–Crippen LogP) is 5.29. The quantitative estimate of drug-likeness (QED) is 0.559. The van der Waals surface area contributed by atoms with Gasteiger partial charge in [0.05, 0.1) is 19.3 Å². The van der Waals surface area contributed by atoms with Crippen LogP contribution in [0.2, 0.25) is 0 Å². The van der Waals surface area contributed by atoms with Crippen molar-refractivity contribution in [1.29, 1.82) is 0 Å². The number of thioether (sulfide) groups is 1. The molecule has 1 atom stereocenters. The van der Waals surface area contributed by atoms with Crippen molar-refractivity contribution < 1.29 is 14.3 Å². The highest BCUT2D eigenvalue weighted by Gasteiger charge is 2.59. The first-order valence-electron chi connectivity index (χ1n) is 11.3. The number of nitrogens with zero attached hydrogens (tertiary/aromatic N) is 2. The zero-order valence-electron chi connectivity index (χ0n) is 19.5. The first-order chi connectivity index (χ1) is 16.4. The minimum atomic E-state index is -1.07. The Bertz CT molecular complexity index is 1260. The highest BCUT2D eigenvalue weighted by atomic mass is 32.2. The van der Waals surface area contributed by atoms with Gasteiger partial charge < -0.3 is 15.0 Å². The van der Waals surface area contributed by atoms with E-state index in [0.717, 1.165) is 22.4 Å². The number of urea groups is 1. The number of carbonyl (C=O) groups excluding carboxylic acids is 2. The molecule has 0 aromatic heterocycles. The lowest BCUT2D eigenvalue weighted by molar-refractivity contribution is -0.123. The molecule has 0 aliphatic carbocycles. The number of ether oxygens (including phenoxy) is 1. The molecular formula is C27H27N3O3S. The van der Waals surface area contributed by atoms with Gasteiger partial charge >= 0.3 is 6.03 Å². The number of hydrogen-bond acceptors (Lipinski definition) is 4. The summed E-state index contributed by atoms with van der Waals surface area (Å²) in [4.78, 5) is 30.0. The summed E-state index contributed by atoms with van der Waals surface area (Å²) < 4.78 is 5.28. The fourth-order valence-electron chi connectivity index (χ4n) is 4.65. The fraction of sp³-hybridized carbons (Fsp3) is 0.259. The van der Waals surface area contributed by atoms with E-state index in [2.05, 4.69) is 29.6 Å². The number of anilines is 2. The average Bonchev–Trinajstić information content (AvgIpc) is 3.38. The molecule has 1 saturated heterocycles. The van der Waals surface area contributed by atoms with E-state index in [4.69, 9.17) is 4.74 Å². The third kappa shape index (κ3) is 3.70. The number of benzene rings is 3. The van der Waals surface area contributed by atoms with E-state index in [1.54, 1.807) is 18.1 Å². The highest BCUT2D eigenvalue weighted by Crippen LogP contribution is 2.54. The number of carbonyl (C=O) groups is 2. The Morgan fingerprint density at radius 2 is 1.82 bits per heavy atom.